The molecule has 2 saturated heterocycles. The van der Waals surface area contributed by atoms with Gasteiger partial charge < -0.3 is 30.3 Å². The second-order valence-electron chi connectivity index (χ2n) is 10.4. The Morgan fingerprint density at radius 3 is 2.10 bits per heavy atom. The summed E-state index contributed by atoms with van der Waals surface area (Å²) in [6, 6.07) is 8.65. The van der Waals surface area contributed by atoms with Gasteiger partial charge in [0.15, 0.2) is 10.8 Å². The van der Waals surface area contributed by atoms with E-state index in [1.165, 1.54) is 0 Å². The molecule has 0 aliphatic carbocycles. The van der Waals surface area contributed by atoms with Crippen LogP contribution in [0, 0.1) is 0 Å². The third-order valence-electron chi connectivity index (χ3n) is 7.29. The van der Waals surface area contributed by atoms with Gasteiger partial charge in [-0.05, 0) is 38.2 Å². The first-order valence-electron chi connectivity index (χ1n) is 13.4. The molecular weight excluding hydrogens is 554 g/mol. The highest BCUT2D eigenvalue weighted by molar-refractivity contribution is 7.99. The van der Waals surface area contributed by atoms with Crippen molar-refractivity contribution in [1.29, 1.82) is 0 Å². The third kappa shape index (κ3) is 8.38. The Hall–Kier alpha value is -3.26. The molecule has 3 heterocycles. The fourth-order valence-electron chi connectivity index (χ4n) is 5.44. The number of methoxy groups -OCH3 is 1. The zero-order chi connectivity index (χ0) is 30.2. The van der Waals surface area contributed by atoms with E-state index >= 15 is 0 Å². The summed E-state index contributed by atoms with van der Waals surface area (Å²) >= 11 is 1.71. The lowest BCUT2D eigenvalue weighted by molar-refractivity contribution is -0.170. The van der Waals surface area contributed by atoms with Crippen LogP contribution in [0.25, 0.3) is 0 Å². The molecule has 41 heavy (non-hydrogen) atoms. The second-order valence-corrected chi connectivity index (χ2v) is 11.5. The number of aliphatic carboxylic acids is 3. The number of para-hydroxylation sites is 1. The Morgan fingerprint density at radius 1 is 1.05 bits per heavy atom. The van der Waals surface area contributed by atoms with Gasteiger partial charge in [0, 0.05) is 47.9 Å². The van der Waals surface area contributed by atoms with Crippen LogP contribution in [0.2, 0.25) is 0 Å². The average Bonchev–Trinajstić information content (AvgIpc) is 3.16. The van der Waals surface area contributed by atoms with Crippen LogP contribution < -0.4 is 4.74 Å². The summed E-state index contributed by atoms with van der Waals surface area (Å²) in [5, 5.41) is 46.2. The van der Waals surface area contributed by atoms with Crippen LogP contribution in [0.1, 0.15) is 63.0 Å². The smallest absolute Gasteiger partial charge is 0.336 e. The van der Waals surface area contributed by atoms with Gasteiger partial charge in [-0.3, -0.25) is 14.5 Å². The zero-order valence-corrected chi connectivity index (χ0v) is 23.9. The van der Waals surface area contributed by atoms with Crippen LogP contribution in [0.3, 0.4) is 0 Å². The quantitative estimate of drug-likeness (QED) is 0.179. The van der Waals surface area contributed by atoms with E-state index in [2.05, 4.69) is 21.8 Å². The average molecular weight is 592 g/mol. The molecule has 2 atom stereocenters. The van der Waals surface area contributed by atoms with E-state index in [0.717, 1.165) is 66.4 Å². The maximum absolute atomic E-state index is 11.5. The van der Waals surface area contributed by atoms with E-state index in [-0.39, 0.29) is 0 Å². The van der Waals surface area contributed by atoms with Crippen molar-refractivity contribution in [3.05, 3.63) is 47.8 Å². The molecule has 0 radical (unpaired) electrons. The maximum atomic E-state index is 11.5. The predicted molar refractivity (Wildman–Crippen MR) is 149 cm³/mol. The van der Waals surface area contributed by atoms with Crippen LogP contribution in [-0.4, -0.2) is 88.9 Å². The summed E-state index contributed by atoms with van der Waals surface area (Å²) in [5.41, 5.74) is -1.47. The molecule has 2 unspecified atom stereocenters. The Balaban J connectivity index is 0.000000302. The van der Waals surface area contributed by atoms with Crippen molar-refractivity contribution in [3.8, 4) is 5.75 Å². The number of rotatable bonds is 12. The number of aliphatic hydroxyl groups is 2. The minimum absolute atomic E-state index is 0.378. The van der Waals surface area contributed by atoms with Gasteiger partial charge in [0.25, 0.3) is 0 Å². The van der Waals surface area contributed by atoms with Crippen LogP contribution in [0.4, 0.5) is 0 Å². The van der Waals surface area contributed by atoms with Crippen LogP contribution in [-0.2, 0) is 26.5 Å². The molecule has 12 nitrogen and oxygen atoms in total. The minimum atomic E-state index is -2.74. The molecule has 5 N–H and O–H groups in total. The fourth-order valence-corrected chi connectivity index (χ4v) is 6.08. The number of hydrogen-bond donors (Lipinski definition) is 5. The first-order chi connectivity index (χ1) is 19.4. The first-order valence-corrected chi connectivity index (χ1v) is 14.3. The van der Waals surface area contributed by atoms with Gasteiger partial charge in [-0.25, -0.2) is 14.8 Å². The molecule has 1 aromatic carbocycles. The highest BCUT2D eigenvalue weighted by atomic mass is 32.2. The monoisotopic (exact) mass is 591 g/mol. The van der Waals surface area contributed by atoms with E-state index in [0.29, 0.717) is 12.1 Å². The molecular formula is C28H37N3O9S. The van der Waals surface area contributed by atoms with Gasteiger partial charge in [-0.2, -0.15) is 0 Å². The summed E-state index contributed by atoms with van der Waals surface area (Å²) in [6.07, 6.45) is 6.52. The second kappa shape index (κ2) is 14.1. The van der Waals surface area contributed by atoms with Gasteiger partial charge in [0.2, 0.25) is 0 Å². The molecule has 0 amide bonds. The standard InChI is InChI=1S/C22H29N3O2S.C6H8O7/c1-3-10-28-21-23-13-16(14-24-21)15-25-17-8-9-18(25)12-22(26,11-17)19-6-4-5-7-20(19)27-2;7-3(8)1-6(13,5(11)12)2-4(9)10/h4-7,13-14,17-18,26H,3,8-12,15H2,1-2H3;13H,1-2H2,(H,7,8)(H,9,10)(H,11,12). The number of carbonyl (C=O) groups is 3. The number of benzene rings is 1. The number of carboxylic acids is 3. The van der Waals surface area contributed by atoms with Crippen molar-refractivity contribution < 1.29 is 44.7 Å². The highest BCUT2D eigenvalue weighted by Crippen LogP contribution is 2.48. The lowest BCUT2D eigenvalue weighted by Crippen LogP contribution is -2.49. The molecule has 2 fully saturated rings. The molecule has 0 saturated carbocycles. The summed E-state index contributed by atoms with van der Waals surface area (Å²) in [5.74, 6) is -3.18. The molecule has 4 rings (SSSR count). The molecule has 2 aliphatic rings. The van der Waals surface area contributed by atoms with Gasteiger partial charge in [-0.15, -0.1) is 0 Å². The summed E-state index contributed by atoms with van der Waals surface area (Å²) in [6.45, 7) is 3.02. The van der Waals surface area contributed by atoms with Gasteiger partial charge >= 0.3 is 17.9 Å². The van der Waals surface area contributed by atoms with Crippen molar-refractivity contribution >= 4 is 29.7 Å². The zero-order valence-electron chi connectivity index (χ0n) is 23.1. The number of ether oxygens (including phenoxy) is 1. The molecule has 1 aromatic heterocycles. The predicted octanol–water partition coefficient (Wildman–Crippen LogP) is 2.75. The molecule has 2 aromatic rings. The molecule has 2 bridgehead atoms. The minimum Gasteiger partial charge on any atom is -0.496 e. The van der Waals surface area contributed by atoms with Crippen LogP contribution in [0.15, 0.2) is 41.8 Å². The summed E-state index contributed by atoms with van der Waals surface area (Å²) in [7, 11) is 1.67. The van der Waals surface area contributed by atoms with Gasteiger partial charge in [0.05, 0.1) is 25.6 Å². The normalized spacial score (nSPS) is 22.0. The lowest BCUT2D eigenvalue weighted by Gasteiger charge is -2.44. The van der Waals surface area contributed by atoms with E-state index in [9.17, 15) is 19.5 Å². The van der Waals surface area contributed by atoms with Gasteiger partial charge in [-0.1, -0.05) is 36.9 Å². The molecule has 2 aliphatic heterocycles. The molecule has 224 valence electrons. The molecule has 0 spiro atoms. The summed E-state index contributed by atoms with van der Waals surface area (Å²) < 4.78 is 5.52. The Kier molecular flexibility index (Phi) is 11.1. The Bertz CT molecular complexity index is 1180. The van der Waals surface area contributed by atoms with E-state index in [4.69, 9.17) is 25.2 Å². The van der Waals surface area contributed by atoms with Gasteiger partial charge in [0.1, 0.15) is 5.75 Å². The van der Waals surface area contributed by atoms with E-state index in [1.54, 1.807) is 18.9 Å². The maximum Gasteiger partial charge on any atom is 0.336 e. The Morgan fingerprint density at radius 2 is 1.61 bits per heavy atom. The number of fused-ring (bicyclic) bond motifs is 2. The lowest BCUT2D eigenvalue weighted by atomic mass is 9.80. The summed E-state index contributed by atoms with van der Waals surface area (Å²) in [4.78, 5) is 42.0. The van der Waals surface area contributed by atoms with Crippen molar-refractivity contribution in [2.45, 2.75) is 86.9 Å². The fraction of sp³-hybridized carbons (Fsp3) is 0.536. The number of thioether (sulfide) groups is 1. The van der Waals surface area contributed by atoms with E-state index < -0.39 is 42.0 Å². The van der Waals surface area contributed by atoms with E-state index in [1.807, 2.05) is 36.7 Å². The Labute approximate surface area is 242 Å². The molecule has 13 heteroatoms. The van der Waals surface area contributed by atoms with Crippen LogP contribution in [0.5, 0.6) is 5.75 Å². The van der Waals surface area contributed by atoms with Crippen LogP contribution >= 0.6 is 11.8 Å². The van der Waals surface area contributed by atoms with Crippen molar-refractivity contribution in [1.82, 2.24) is 14.9 Å². The number of nitrogens with zero attached hydrogens (tertiary/aromatic N) is 3. The number of piperidine rings is 1. The van der Waals surface area contributed by atoms with Crippen molar-refractivity contribution in [2.24, 2.45) is 0 Å². The first kappa shape index (κ1) is 32.3. The van der Waals surface area contributed by atoms with Crippen molar-refractivity contribution in [2.75, 3.05) is 12.9 Å². The number of hydrogen-bond acceptors (Lipinski definition) is 10. The largest absolute Gasteiger partial charge is 0.496 e. The van der Waals surface area contributed by atoms with Crippen molar-refractivity contribution in [3.63, 3.8) is 0 Å². The third-order valence-corrected chi connectivity index (χ3v) is 8.37. The highest BCUT2D eigenvalue weighted by Gasteiger charge is 2.49. The topological polar surface area (TPSA) is 191 Å². The number of aromatic nitrogens is 2. The SMILES string of the molecule is CCCSc1ncc(CN2C3CCC2CC(O)(c2ccccc2OC)C3)cn1.O=C(O)CC(O)(CC(=O)O)C(=O)O. The number of carboxylic acid groups (broad SMARTS) is 3.